The van der Waals surface area contributed by atoms with Gasteiger partial charge in [-0.05, 0) is 38.0 Å². The minimum atomic E-state index is -1.44. The van der Waals surface area contributed by atoms with Gasteiger partial charge < -0.3 is 36.5 Å². The van der Waals surface area contributed by atoms with Crippen molar-refractivity contribution in [3.05, 3.63) is 71.9 Å². The Labute approximate surface area is 237 Å². The molecule has 1 heterocycles. The molecule has 0 saturated carbocycles. The molecule has 12 nitrogen and oxygen atoms in total. The number of hydrogen-bond acceptors (Lipinski definition) is 6. The summed E-state index contributed by atoms with van der Waals surface area (Å²) < 4.78 is 5.18. The summed E-state index contributed by atoms with van der Waals surface area (Å²) in [4.78, 5) is 65.9. The van der Waals surface area contributed by atoms with Gasteiger partial charge in [-0.1, -0.05) is 48.5 Å². The number of carbonyl (C=O) groups excluding carboxylic acids is 4. The first-order chi connectivity index (χ1) is 19.3. The van der Waals surface area contributed by atoms with Crippen LogP contribution in [0.3, 0.4) is 0 Å². The normalized spacial score (nSPS) is 13.4. The number of nitrogens with one attached hydrogen (secondary N) is 4. The molecule has 0 bridgehead atoms. The van der Waals surface area contributed by atoms with Crippen LogP contribution in [0.4, 0.5) is 4.79 Å². The Hall–Kier alpha value is -4.87. The minimum absolute atomic E-state index is 0.00751. The Morgan fingerprint density at radius 3 is 2.10 bits per heavy atom. The van der Waals surface area contributed by atoms with Crippen molar-refractivity contribution in [2.45, 2.75) is 63.8 Å². The van der Waals surface area contributed by atoms with Crippen molar-refractivity contribution in [2.75, 3.05) is 0 Å². The van der Waals surface area contributed by atoms with E-state index < -0.39 is 59.9 Å². The van der Waals surface area contributed by atoms with Gasteiger partial charge in [0, 0.05) is 29.9 Å². The number of H-pyrrole nitrogens is 1. The second-order valence-electron chi connectivity index (χ2n) is 10.6. The Morgan fingerprint density at radius 1 is 0.854 bits per heavy atom. The number of amides is 4. The van der Waals surface area contributed by atoms with Crippen molar-refractivity contribution in [3.8, 4) is 0 Å². The molecule has 0 aliphatic heterocycles. The lowest BCUT2D eigenvalue weighted by Crippen LogP contribution is -2.57. The summed E-state index contributed by atoms with van der Waals surface area (Å²) in [6.45, 7) is 4.89. The van der Waals surface area contributed by atoms with Crippen LogP contribution in [-0.4, -0.2) is 63.6 Å². The van der Waals surface area contributed by atoms with E-state index >= 15 is 0 Å². The van der Waals surface area contributed by atoms with Crippen LogP contribution in [-0.2, 0) is 36.8 Å². The molecule has 0 fully saturated rings. The van der Waals surface area contributed by atoms with E-state index in [4.69, 9.17) is 10.5 Å². The van der Waals surface area contributed by atoms with Crippen molar-refractivity contribution in [1.29, 1.82) is 0 Å². The topological polar surface area (TPSA) is 193 Å². The van der Waals surface area contributed by atoms with Crippen molar-refractivity contribution >= 4 is 40.7 Å². The van der Waals surface area contributed by atoms with Gasteiger partial charge in [-0.15, -0.1) is 0 Å². The van der Waals surface area contributed by atoms with E-state index in [1.807, 2.05) is 24.3 Å². The maximum atomic E-state index is 13.4. The fourth-order valence-electron chi connectivity index (χ4n) is 4.18. The molecule has 3 aromatic rings. The van der Waals surface area contributed by atoms with E-state index in [2.05, 4.69) is 20.9 Å². The Balaban J connectivity index is 1.81. The van der Waals surface area contributed by atoms with Gasteiger partial charge in [0.2, 0.25) is 17.7 Å². The number of carboxylic acid groups (broad SMARTS) is 1. The van der Waals surface area contributed by atoms with Crippen LogP contribution in [0.5, 0.6) is 0 Å². The Kier molecular flexibility index (Phi) is 10.1. The quantitative estimate of drug-likeness (QED) is 0.193. The predicted molar refractivity (Wildman–Crippen MR) is 151 cm³/mol. The summed E-state index contributed by atoms with van der Waals surface area (Å²) >= 11 is 0. The van der Waals surface area contributed by atoms with Crippen LogP contribution in [0.15, 0.2) is 60.8 Å². The van der Waals surface area contributed by atoms with Crippen LogP contribution >= 0.6 is 0 Å². The Bertz CT molecular complexity index is 1400. The number of aromatic amines is 1. The fourth-order valence-corrected chi connectivity index (χ4v) is 4.18. The molecule has 1 aromatic heterocycles. The molecule has 3 rings (SSSR count). The first-order valence-electron chi connectivity index (χ1n) is 13.0. The molecule has 0 aliphatic carbocycles. The van der Waals surface area contributed by atoms with Crippen LogP contribution in [0, 0.1) is 0 Å². The third-order valence-corrected chi connectivity index (χ3v) is 6.04. The standard InChI is InChI=1S/C29H35N5O7/c1-29(2,3)41-28(40)34-22(15-24(30)35)26(37)32-21(13-17-9-5-4-6-10-17)25(36)33-23(27(38)39)14-18-16-31-20-12-8-7-11-19(18)20/h4-12,16,21-23,31H,13-15H2,1-3H3,(H2,30,35)(H,32,37)(H,33,36)(H,34,40)(H,38,39)/t21-,22-,23-/m0/s1. The van der Waals surface area contributed by atoms with Crippen molar-refractivity contribution in [2.24, 2.45) is 5.73 Å². The van der Waals surface area contributed by atoms with Crippen molar-refractivity contribution in [3.63, 3.8) is 0 Å². The van der Waals surface area contributed by atoms with Gasteiger partial charge in [0.1, 0.15) is 23.7 Å². The van der Waals surface area contributed by atoms with Crippen LogP contribution < -0.4 is 21.7 Å². The molecule has 0 unspecified atom stereocenters. The number of para-hydroxylation sites is 1. The number of carbonyl (C=O) groups is 5. The van der Waals surface area contributed by atoms with Gasteiger partial charge >= 0.3 is 12.1 Å². The molecule has 41 heavy (non-hydrogen) atoms. The van der Waals surface area contributed by atoms with E-state index in [1.54, 1.807) is 57.3 Å². The molecule has 218 valence electrons. The van der Waals surface area contributed by atoms with Gasteiger partial charge in [0.15, 0.2) is 0 Å². The number of ether oxygens (including phenoxy) is 1. The summed E-state index contributed by atoms with van der Waals surface area (Å²) in [7, 11) is 0. The number of benzene rings is 2. The third-order valence-electron chi connectivity index (χ3n) is 6.04. The number of rotatable bonds is 12. The average molecular weight is 566 g/mol. The first-order valence-corrected chi connectivity index (χ1v) is 13.0. The zero-order chi connectivity index (χ0) is 30.2. The summed E-state index contributed by atoms with van der Waals surface area (Å²) in [5.41, 5.74) is 6.62. The van der Waals surface area contributed by atoms with Gasteiger partial charge in [-0.25, -0.2) is 9.59 Å². The number of primary amides is 1. The van der Waals surface area contributed by atoms with E-state index in [0.29, 0.717) is 11.1 Å². The summed E-state index contributed by atoms with van der Waals surface area (Å²) in [6, 6.07) is 12.2. The van der Waals surface area contributed by atoms with E-state index in [0.717, 1.165) is 10.9 Å². The number of alkyl carbamates (subject to hydrolysis) is 1. The Morgan fingerprint density at radius 2 is 1.46 bits per heavy atom. The van der Waals surface area contributed by atoms with Crippen molar-refractivity contribution < 1.29 is 33.8 Å². The lowest BCUT2D eigenvalue weighted by molar-refractivity contribution is -0.142. The lowest BCUT2D eigenvalue weighted by atomic mass is 10.0. The molecular weight excluding hydrogens is 530 g/mol. The molecule has 0 saturated heterocycles. The van der Waals surface area contributed by atoms with Gasteiger partial charge in [-0.2, -0.15) is 0 Å². The molecule has 2 aromatic carbocycles. The molecular formula is C29H35N5O7. The number of hydrogen-bond donors (Lipinski definition) is 6. The first kappa shape index (κ1) is 30.7. The third kappa shape index (κ3) is 9.38. The molecule has 4 amide bonds. The zero-order valence-electron chi connectivity index (χ0n) is 23.1. The second kappa shape index (κ2) is 13.5. The van der Waals surface area contributed by atoms with E-state index in [-0.39, 0.29) is 12.8 Å². The lowest BCUT2D eigenvalue weighted by Gasteiger charge is -2.25. The monoisotopic (exact) mass is 565 g/mol. The van der Waals surface area contributed by atoms with Gasteiger partial charge in [-0.3, -0.25) is 14.4 Å². The zero-order valence-corrected chi connectivity index (χ0v) is 23.1. The average Bonchev–Trinajstić information content (AvgIpc) is 3.29. The highest BCUT2D eigenvalue weighted by atomic mass is 16.6. The molecule has 7 N–H and O–H groups in total. The van der Waals surface area contributed by atoms with E-state index in [9.17, 15) is 29.1 Å². The maximum Gasteiger partial charge on any atom is 0.408 e. The summed E-state index contributed by atoms with van der Waals surface area (Å²) in [5, 5.41) is 18.1. The molecule has 0 radical (unpaired) electrons. The SMILES string of the molecule is CC(C)(C)OC(=O)N[C@@H](CC(N)=O)C(=O)N[C@@H](Cc1ccccc1)C(=O)N[C@@H](Cc1c[nH]c2ccccc12)C(=O)O. The number of fused-ring (bicyclic) bond motifs is 1. The van der Waals surface area contributed by atoms with Gasteiger partial charge in [0.05, 0.1) is 6.42 Å². The number of aromatic nitrogens is 1. The van der Waals surface area contributed by atoms with Crippen LogP contribution in [0.2, 0.25) is 0 Å². The maximum absolute atomic E-state index is 13.4. The van der Waals surface area contributed by atoms with Crippen LogP contribution in [0.1, 0.15) is 38.3 Å². The van der Waals surface area contributed by atoms with E-state index in [1.165, 1.54) is 0 Å². The highest BCUT2D eigenvalue weighted by Crippen LogP contribution is 2.19. The number of aliphatic carboxylic acids is 1. The van der Waals surface area contributed by atoms with Crippen molar-refractivity contribution in [1.82, 2.24) is 20.9 Å². The fraction of sp³-hybridized carbons (Fsp3) is 0.345. The predicted octanol–water partition coefficient (Wildman–Crippen LogP) is 1.78. The molecule has 12 heteroatoms. The highest BCUT2D eigenvalue weighted by molar-refractivity contribution is 5.95. The van der Waals surface area contributed by atoms with Gasteiger partial charge in [0.25, 0.3) is 0 Å². The molecule has 3 atom stereocenters. The van der Waals surface area contributed by atoms with Crippen LogP contribution in [0.25, 0.3) is 10.9 Å². The molecule has 0 spiro atoms. The highest BCUT2D eigenvalue weighted by Gasteiger charge is 2.32. The molecule has 0 aliphatic rings. The summed E-state index contributed by atoms with van der Waals surface area (Å²) in [5.74, 6) is -3.75. The summed E-state index contributed by atoms with van der Waals surface area (Å²) in [6.07, 6.45) is 0.179. The minimum Gasteiger partial charge on any atom is -0.480 e. The number of nitrogens with two attached hydrogens (primary N) is 1. The smallest absolute Gasteiger partial charge is 0.408 e. The number of carboxylic acids is 1. The largest absolute Gasteiger partial charge is 0.480 e. The second-order valence-corrected chi connectivity index (χ2v) is 10.6.